The van der Waals surface area contributed by atoms with E-state index in [0.29, 0.717) is 25.4 Å². The van der Waals surface area contributed by atoms with Gasteiger partial charge >= 0.3 is 5.69 Å². The number of aliphatic hydroxyl groups is 1. The van der Waals surface area contributed by atoms with E-state index in [0.717, 1.165) is 6.42 Å². The molecule has 0 spiro atoms. The average molecular weight is 305 g/mol. The van der Waals surface area contributed by atoms with Crippen LogP contribution < -0.4 is 5.32 Å². The van der Waals surface area contributed by atoms with Crippen molar-refractivity contribution in [2.24, 2.45) is 0 Å². The largest absolute Gasteiger partial charge is 0.394 e. The fourth-order valence-electron chi connectivity index (χ4n) is 1.50. The van der Waals surface area contributed by atoms with Crippen LogP contribution in [0.25, 0.3) is 0 Å². The van der Waals surface area contributed by atoms with Crippen molar-refractivity contribution in [3.63, 3.8) is 0 Å². The number of aliphatic hydroxyl groups excluding tert-OH is 1. The molecule has 0 unspecified atom stereocenters. The summed E-state index contributed by atoms with van der Waals surface area (Å²) < 4.78 is 5.05. The number of hydrogen-bond acceptors (Lipinski definition) is 7. The van der Waals surface area contributed by atoms with Crippen molar-refractivity contribution in [2.75, 3.05) is 31.7 Å². The van der Waals surface area contributed by atoms with E-state index in [1.54, 1.807) is 0 Å². The van der Waals surface area contributed by atoms with Gasteiger partial charge in [-0.25, -0.2) is 9.97 Å². The highest BCUT2D eigenvalue weighted by atomic mass is 35.5. The van der Waals surface area contributed by atoms with E-state index in [1.807, 2.05) is 6.92 Å². The second-order valence-corrected chi connectivity index (χ2v) is 4.26. The van der Waals surface area contributed by atoms with Gasteiger partial charge in [-0.2, -0.15) is 0 Å². The van der Waals surface area contributed by atoms with Crippen molar-refractivity contribution in [1.82, 2.24) is 9.97 Å². The Bertz CT molecular complexity index is 458. The maximum Gasteiger partial charge on any atom is 0.348 e. The van der Waals surface area contributed by atoms with Crippen LogP contribution in [0.3, 0.4) is 0 Å². The van der Waals surface area contributed by atoms with Gasteiger partial charge in [0.1, 0.15) is 5.82 Å². The third-order valence-corrected chi connectivity index (χ3v) is 2.58. The second-order valence-electron chi connectivity index (χ2n) is 3.90. The Balaban J connectivity index is 2.81. The highest BCUT2D eigenvalue weighted by Crippen LogP contribution is 2.29. The SMILES string of the molecule is CCCc1nc(Cl)c([N+](=O)[O-])c(NCCOCCO)n1. The van der Waals surface area contributed by atoms with Crippen LogP contribution in [0.5, 0.6) is 0 Å². The Morgan fingerprint density at radius 2 is 2.20 bits per heavy atom. The van der Waals surface area contributed by atoms with E-state index in [-0.39, 0.29) is 29.9 Å². The third kappa shape index (κ3) is 4.87. The molecule has 0 saturated carbocycles. The minimum atomic E-state index is -0.616. The first-order valence-electron chi connectivity index (χ1n) is 6.23. The Hall–Kier alpha value is -1.51. The quantitative estimate of drug-likeness (QED) is 0.307. The number of halogens is 1. The van der Waals surface area contributed by atoms with Gasteiger partial charge in [0, 0.05) is 13.0 Å². The van der Waals surface area contributed by atoms with Gasteiger partial charge in [0.2, 0.25) is 11.0 Å². The zero-order valence-corrected chi connectivity index (χ0v) is 11.9. The lowest BCUT2D eigenvalue weighted by molar-refractivity contribution is -0.384. The molecule has 0 amide bonds. The molecular weight excluding hydrogens is 288 g/mol. The Labute approximate surface area is 121 Å². The van der Waals surface area contributed by atoms with Crippen LogP contribution in [0.1, 0.15) is 19.2 Å². The number of anilines is 1. The van der Waals surface area contributed by atoms with Crippen molar-refractivity contribution in [1.29, 1.82) is 0 Å². The van der Waals surface area contributed by atoms with E-state index in [1.165, 1.54) is 0 Å². The molecule has 0 radical (unpaired) electrons. The van der Waals surface area contributed by atoms with Crippen molar-refractivity contribution in [3.8, 4) is 0 Å². The molecule has 1 rings (SSSR count). The van der Waals surface area contributed by atoms with Crippen LogP contribution in [-0.4, -0.2) is 46.4 Å². The van der Waals surface area contributed by atoms with Crippen LogP contribution in [0, 0.1) is 10.1 Å². The fourth-order valence-corrected chi connectivity index (χ4v) is 1.76. The average Bonchev–Trinajstić information content (AvgIpc) is 2.38. The van der Waals surface area contributed by atoms with E-state index in [2.05, 4.69) is 15.3 Å². The molecule has 1 heterocycles. The van der Waals surface area contributed by atoms with Crippen LogP contribution >= 0.6 is 11.6 Å². The lowest BCUT2D eigenvalue weighted by atomic mass is 10.3. The zero-order valence-electron chi connectivity index (χ0n) is 11.1. The summed E-state index contributed by atoms with van der Waals surface area (Å²) >= 11 is 5.83. The summed E-state index contributed by atoms with van der Waals surface area (Å²) in [4.78, 5) is 18.4. The Kier molecular flexibility index (Phi) is 7.13. The van der Waals surface area contributed by atoms with E-state index < -0.39 is 4.92 Å². The molecule has 0 bridgehead atoms. The van der Waals surface area contributed by atoms with E-state index >= 15 is 0 Å². The number of nitrogens with one attached hydrogen (secondary N) is 1. The van der Waals surface area contributed by atoms with Crippen molar-refractivity contribution >= 4 is 23.1 Å². The molecule has 0 aliphatic rings. The molecular formula is C11H17ClN4O4. The first kappa shape index (κ1) is 16.5. The third-order valence-electron chi connectivity index (χ3n) is 2.32. The molecule has 20 heavy (non-hydrogen) atoms. The monoisotopic (exact) mass is 304 g/mol. The zero-order chi connectivity index (χ0) is 15.0. The van der Waals surface area contributed by atoms with Gasteiger partial charge in [-0.3, -0.25) is 10.1 Å². The molecule has 112 valence electrons. The normalized spacial score (nSPS) is 10.6. The van der Waals surface area contributed by atoms with Gasteiger partial charge in [-0.1, -0.05) is 18.5 Å². The minimum Gasteiger partial charge on any atom is -0.394 e. The number of aromatic nitrogens is 2. The van der Waals surface area contributed by atoms with Crippen molar-refractivity contribution in [3.05, 3.63) is 21.1 Å². The standard InChI is InChI=1S/C11H17ClN4O4/c1-2-3-8-14-10(12)9(16(18)19)11(15-8)13-4-6-20-7-5-17/h17H,2-7H2,1H3,(H,13,14,15). The molecule has 8 nitrogen and oxygen atoms in total. The van der Waals surface area contributed by atoms with Gasteiger partial charge in [0.15, 0.2) is 0 Å². The molecule has 1 aromatic rings. The second kappa shape index (κ2) is 8.62. The fraction of sp³-hybridized carbons (Fsp3) is 0.636. The van der Waals surface area contributed by atoms with E-state index in [9.17, 15) is 10.1 Å². The van der Waals surface area contributed by atoms with Crippen LogP contribution in [0.15, 0.2) is 0 Å². The summed E-state index contributed by atoms with van der Waals surface area (Å²) in [5.74, 6) is 0.549. The first-order chi connectivity index (χ1) is 9.60. The summed E-state index contributed by atoms with van der Waals surface area (Å²) in [6.07, 6.45) is 1.40. The number of ether oxygens (including phenoxy) is 1. The number of aryl methyl sites for hydroxylation is 1. The lowest BCUT2D eigenvalue weighted by Gasteiger charge is -2.08. The van der Waals surface area contributed by atoms with Gasteiger partial charge in [0.25, 0.3) is 0 Å². The summed E-state index contributed by atoms with van der Waals surface area (Å²) in [5, 5.41) is 22.2. The maximum atomic E-state index is 11.0. The lowest BCUT2D eigenvalue weighted by Crippen LogP contribution is -2.14. The van der Waals surface area contributed by atoms with Crippen LogP contribution in [-0.2, 0) is 11.2 Å². The highest BCUT2D eigenvalue weighted by molar-refractivity contribution is 6.31. The van der Waals surface area contributed by atoms with Crippen LogP contribution in [0.4, 0.5) is 11.5 Å². The van der Waals surface area contributed by atoms with Gasteiger partial charge in [0.05, 0.1) is 24.7 Å². The minimum absolute atomic E-state index is 0.0693. The topological polar surface area (TPSA) is 110 Å². The van der Waals surface area contributed by atoms with Gasteiger partial charge in [-0.15, -0.1) is 0 Å². The Morgan fingerprint density at radius 3 is 2.80 bits per heavy atom. The smallest absolute Gasteiger partial charge is 0.348 e. The summed E-state index contributed by atoms with van der Waals surface area (Å²) in [6.45, 7) is 2.71. The van der Waals surface area contributed by atoms with Crippen LogP contribution in [0.2, 0.25) is 5.15 Å². The number of hydrogen-bond donors (Lipinski definition) is 2. The Morgan fingerprint density at radius 1 is 1.45 bits per heavy atom. The summed E-state index contributed by atoms with van der Waals surface area (Å²) in [7, 11) is 0. The van der Waals surface area contributed by atoms with Crippen molar-refractivity contribution < 1.29 is 14.8 Å². The molecule has 0 aliphatic carbocycles. The molecule has 9 heteroatoms. The highest BCUT2D eigenvalue weighted by Gasteiger charge is 2.23. The molecule has 0 atom stereocenters. The number of nitrogens with zero attached hydrogens (tertiary/aromatic N) is 3. The maximum absolute atomic E-state index is 11.0. The summed E-state index contributed by atoms with van der Waals surface area (Å²) in [6, 6.07) is 0. The molecule has 0 fully saturated rings. The predicted octanol–water partition coefficient (Wildman–Crippen LogP) is 1.41. The molecule has 1 aromatic heterocycles. The first-order valence-corrected chi connectivity index (χ1v) is 6.61. The van der Waals surface area contributed by atoms with Gasteiger partial charge < -0.3 is 15.2 Å². The van der Waals surface area contributed by atoms with Gasteiger partial charge in [-0.05, 0) is 6.42 Å². The van der Waals surface area contributed by atoms with E-state index in [4.69, 9.17) is 21.4 Å². The number of nitro groups is 1. The molecule has 0 saturated heterocycles. The molecule has 0 aromatic carbocycles. The van der Waals surface area contributed by atoms with Crippen molar-refractivity contribution in [2.45, 2.75) is 19.8 Å². The predicted molar refractivity (Wildman–Crippen MR) is 74.1 cm³/mol. The summed E-state index contributed by atoms with van der Waals surface area (Å²) in [5.41, 5.74) is -0.339. The molecule has 0 aliphatic heterocycles. The number of rotatable bonds is 9. The molecule has 2 N–H and O–H groups in total.